The second-order valence-electron chi connectivity index (χ2n) is 18.2. The van der Waals surface area contributed by atoms with Gasteiger partial charge in [-0.15, -0.1) is 0 Å². The highest BCUT2D eigenvalue weighted by atomic mass is 15.4. The van der Waals surface area contributed by atoms with Crippen LogP contribution in [-0.2, 0) is 0 Å². The number of rotatable bonds is 10. The molecule has 0 radical (unpaired) electrons. The molecule has 0 heterocycles. The van der Waals surface area contributed by atoms with Crippen molar-refractivity contribution in [2.45, 2.75) is 0 Å². The van der Waals surface area contributed by atoms with E-state index in [1.165, 1.54) is 105 Å². The Morgan fingerprint density at radius 1 is 0.229 bits per heavy atom. The van der Waals surface area contributed by atoms with Crippen molar-refractivity contribution in [2.75, 3.05) is 7.05 Å². The lowest BCUT2D eigenvalue weighted by Crippen LogP contribution is -2.35. The van der Waals surface area contributed by atoms with Crippen LogP contribution in [0.4, 0.5) is 17.1 Å². The molecular weight excluding hydrogens is 843 g/mol. The van der Waals surface area contributed by atoms with Gasteiger partial charge in [0.15, 0.2) is 11.4 Å². The molecule has 12 aromatic carbocycles. The van der Waals surface area contributed by atoms with Crippen molar-refractivity contribution in [1.29, 1.82) is 0 Å². The number of hydrogen-bond donors (Lipinski definition) is 0. The van der Waals surface area contributed by atoms with E-state index in [2.05, 4.69) is 292 Å². The Balaban J connectivity index is 1.10. The molecule has 1 nitrogen and oxygen atoms in total. The lowest BCUT2D eigenvalue weighted by atomic mass is 9.84. The molecule has 0 aliphatic rings. The van der Waals surface area contributed by atoms with E-state index in [4.69, 9.17) is 0 Å². The van der Waals surface area contributed by atoms with E-state index in [-0.39, 0.29) is 0 Å². The quantitative estimate of drug-likeness (QED) is 0.0948. The fraction of sp³-hybridized carbons (Fsp3) is 0.0145. The zero-order valence-electron chi connectivity index (χ0n) is 39.1. The topological polar surface area (TPSA) is 0 Å². The van der Waals surface area contributed by atoms with Gasteiger partial charge in [-0.25, -0.2) is 4.48 Å². The van der Waals surface area contributed by atoms with E-state index in [9.17, 15) is 0 Å². The Morgan fingerprint density at radius 3 is 1.11 bits per heavy atom. The van der Waals surface area contributed by atoms with E-state index in [1.807, 2.05) is 0 Å². The first-order valence-corrected chi connectivity index (χ1v) is 24.2. The molecule has 1 heteroatoms. The molecule has 0 aliphatic heterocycles. The molecule has 0 fully saturated rings. The molecule has 0 aliphatic carbocycles. The zero-order chi connectivity index (χ0) is 46.9. The molecule has 0 saturated carbocycles. The minimum atomic E-state index is 0.403. The summed E-state index contributed by atoms with van der Waals surface area (Å²) in [5, 5.41) is 4.98. The van der Waals surface area contributed by atoms with E-state index >= 15 is 0 Å². The van der Waals surface area contributed by atoms with Gasteiger partial charge in [-0.1, -0.05) is 224 Å². The molecule has 330 valence electrons. The number of fused-ring (bicyclic) bond motifs is 3. The minimum absolute atomic E-state index is 0.403. The fourth-order valence-electron chi connectivity index (χ4n) is 10.8. The summed E-state index contributed by atoms with van der Waals surface area (Å²) in [5.41, 5.74) is 20.3. The summed E-state index contributed by atoms with van der Waals surface area (Å²) in [4.78, 5) is 0. The Kier molecular flexibility index (Phi) is 11.1. The summed E-state index contributed by atoms with van der Waals surface area (Å²) in [5.74, 6) is 0. The second kappa shape index (κ2) is 18.3. The maximum atomic E-state index is 2.41. The Bertz CT molecular complexity index is 3720. The largest absolute Gasteiger partial charge is 0.227 e. The third kappa shape index (κ3) is 7.60. The van der Waals surface area contributed by atoms with Gasteiger partial charge in [0.05, 0.1) is 7.05 Å². The second-order valence-corrected chi connectivity index (χ2v) is 18.2. The molecule has 1 atom stereocenters. The molecule has 0 spiro atoms. The lowest BCUT2D eigenvalue weighted by molar-refractivity contribution is 0.632. The first-order valence-electron chi connectivity index (χ1n) is 24.2. The summed E-state index contributed by atoms with van der Waals surface area (Å²) in [6.07, 6.45) is 0. The van der Waals surface area contributed by atoms with Crippen LogP contribution >= 0.6 is 0 Å². The SMILES string of the molecule is C[N+](c1ccc(-c2ccc3c(-c4ccccc4)c(-c4ccccc4)c4ccccc4c3c2)cc1)(c1ccc(-c2ccccc2)cc1-c1ccccc1)c1c(-c2ccccc2)cccc1-c1ccccc1. The molecule has 0 bridgehead atoms. The third-order valence-corrected chi connectivity index (χ3v) is 14.2. The molecule has 70 heavy (non-hydrogen) atoms. The smallest absolute Gasteiger partial charge is 0.158 e. The maximum Gasteiger partial charge on any atom is 0.158 e. The summed E-state index contributed by atoms with van der Waals surface area (Å²) < 4.78 is 0.403. The highest BCUT2D eigenvalue weighted by molar-refractivity contribution is 6.22. The first kappa shape index (κ1) is 42.5. The molecule has 0 N–H and O–H groups in total. The van der Waals surface area contributed by atoms with Gasteiger partial charge >= 0.3 is 0 Å². The third-order valence-electron chi connectivity index (χ3n) is 14.2. The number of benzene rings is 12. The van der Waals surface area contributed by atoms with Crippen molar-refractivity contribution in [3.63, 3.8) is 0 Å². The van der Waals surface area contributed by atoms with Gasteiger partial charge in [0.2, 0.25) is 0 Å². The van der Waals surface area contributed by atoms with Crippen LogP contribution in [0.5, 0.6) is 0 Å². The van der Waals surface area contributed by atoms with Crippen LogP contribution in [0, 0.1) is 0 Å². The summed E-state index contributed by atoms with van der Waals surface area (Å²) in [7, 11) is 2.39. The molecule has 12 rings (SSSR count). The van der Waals surface area contributed by atoms with Crippen LogP contribution in [0.2, 0.25) is 0 Å². The molecule has 0 saturated heterocycles. The van der Waals surface area contributed by atoms with Crippen LogP contribution in [0.25, 0.3) is 99.4 Å². The van der Waals surface area contributed by atoms with Gasteiger partial charge in [0.25, 0.3) is 0 Å². The number of quaternary nitrogens is 1. The average Bonchev–Trinajstić information content (AvgIpc) is 3.45. The van der Waals surface area contributed by atoms with E-state index < -0.39 is 0 Å². The lowest BCUT2D eigenvalue weighted by Gasteiger charge is -2.38. The van der Waals surface area contributed by atoms with Crippen LogP contribution in [0.1, 0.15) is 0 Å². The number of nitrogens with zero attached hydrogens (tertiary/aromatic N) is 1. The minimum Gasteiger partial charge on any atom is -0.227 e. The van der Waals surface area contributed by atoms with Crippen LogP contribution < -0.4 is 4.48 Å². The van der Waals surface area contributed by atoms with Gasteiger partial charge in [0.1, 0.15) is 5.69 Å². The molecule has 0 amide bonds. The number of para-hydroxylation sites is 1. The first-order chi connectivity index (χ1) is 34.6. The van der Waals surface area contributed by atoms with Crippen LogP contribution in [0.3, 0.4) is 0 Å². The fourth-order valence-corrected chi connectivity index (χ4v) is 10.8. The van der Waals surface area contributed by atoms with Crippen molar-refractivity contribution in [1.82, 2.24) is 4.48 Å². The van der Waals surface area contributed by atoms with Crippen molar-refractivity contribution < 1.29 is 0 Å². The van der Waals surface area contributed by atoms with E-state index in [0.29, 0.717) is 4.48 Å². The Hall–Kier alpha value is -8.88. The monoisotopic (exact) mass is 892 g/mol. The van der Waals surface area contributed by atoms with Crippen LogP contribution in [-0.4, -0.2) is 7.05 Å². The Morgan fingerprint density at radius 2 is 0.600 bits per heavy atom. The van der Waals surface area contributed by atoms with Gasteiger partial charge in [-0.3, -0.25) is 0 Å². The zero-order valence-corrected chi connectivity index (χ0v) is 39.1. The maximum absolute atomic E-state index is 2.41. The van der Waals surface area contributed by atoms with Gasteiger partial charge in [-0.05, 0) is 125 Å². The highest BCUT2D eigenvalue weighted by Crippen LogP contribution is 2.55. The molecule has 0 aromatic heterocycles. The molecular formula is C69H50N+. The summed E-state index contributed by atoms with van der Waals surface area (Å²) >= 11 is 0. The van der Waals surface area contributed by atoms with Crippen LogP contribution in [0.15, 0.2) is 285 Å². The standard InChI is InChI=1S/C69H50N/c1-70(66-46-42-57(49-23-8-2-9-24-49)47-64(66)53-29-14-5-15-30-53,69-59(51-25-10-3-11-26-51)37-22-38-60(69)52-27-12-4-13-28-52)58-43-39-50(40-44-58)56-41-45-63-65(48-56)61-35-20-21-36-62(61)67(54-31-16-6-17-32-54)68(63)55-33-18-7-19-34-55/h2-48H,1H3/q+1. The van der Waals surface area contributed by atoms with Crippen molar-refractivity contribution in [2.24, 2.45) is 0 Å². The number of hydrogen-bond acceptors (Lipinski definition) is 0. The predicted octanol–water partition coefficient (Wildman–Crippen LogP) is 19.3. The van der Waals surface area contributed by atoms with Gasteiger partial charge in [-0.2, -0.15) is 0 Å². The predicted molar refractivity (Wildman–Crippen MR) is 299 cm³/mol. The summed E-state index contributed by atoms with van der Waals surface area (Å²) in [6, 6.07) is 104. The summed E-state index contributed by atoms with van der Waals surface area (Å²) in [6.45, 7) is 0. The van der Waals surface area contributed by atoms with Gasteiger partial charge in [0, 0.05) is 34.9 Å². The van der Waals surface area contributed by atoms with E-state index in [0.717, 1.165) is 11.3 Å². The van der Waals surface area contributed by atoms with Gasteiger partial charge < -0.3 is 0 Å². The van der Waals surface area contributed by atoms with Crippen molar-refractivity contribution in [3.8, 4) is 77.9 Å². The van der Waals surface area contributed by atoms with Crippen molar-refractivity contribution in [3.05, 3.63) is 285 Å². The van der Waals surface area contributed by atoms with E-state index in [1.54, 1.807) is 0 Å². The van der Waals surface area contributed by atoms with Crippen molar-refractivity contribution >= 4 is 38.6 Å². The normalized spacial score (nSPS) is 12.2. The highest BCUT2D eigenvalue weighted by Gasteiger charge is 2.39. The molecule has 12 aromatic rings. The Labute approximate surface area is 411 Å². The average molecular weight is 893 g/mol. The molecule has 1 unspecified atom stereocenters.